The van der Waals surface area contributed by atoms with E-state index in [1.807, 2.05) is 12.1 Å². The zero-order valence-electron chi connectivity index (χ0n) is 13.5. The van der Waals surface area contributed by atoms with Gasteiger partial charge in [-0.2, -0.15) is 5.10 Å². The molecule has 0 radical (unpaired) electrons. The molecule has 8 nitrogen and oxygen atoms in total. The lowest BCUT2D eigenvalue weighted by Gasteiger charge is -2.04. The number of ether oxygens (including phenoxy) is 1. The molecule has 2 aromatic carbocycles. The quantitative estimate of drug-likeness (QED) is 0.296. The molecule has 2 aromatic rings. The molecule has 0 bridgehead atoms. The van der Waals surface area contributed by atoms with E-state index in [0.29, 0.717) is 0 Å². The number of hydrazone groups is 1. The Kier molecular flexibility index (Phi) is 6.98. The Balaban J connectivity index is 1.93. The van der Waals surface area contributed by atoms with Gasteiger partial charge < -0.3 is 9.84 Å². The summed E-state index contributed by atoms with van der Waals surface area (Å²) in [5.41, 5.74) is 2.20. The molecular formula is C16H14BrN3O5S. The molecule has 136 valence electrons. The van der Waals surface area contributed by atoms with E-state index >= 15 is 0 Å². The van der Waals surface area contributed by atoms with Gasteiger partial charge in [0.05, 0.1) is 28.5 Å². The average Bonchev–Trinajstić information content (AvgIpc) is 2.63. The average molecular weight is 440 g/mol. The fourth-order valence-corrected chi connectivity index (χ4v) is 2.99. The molecule has 0 heterocycles. The summed E-state index contributed by atoms with van der Waals surface area (Å²) in [7, 11) is 1.57. The summed E-state index contributed by atoms with van der Waals surface area (Å²) < 4.78 is 5.22. The number of aromatic hydroxyl groups is 1. The number of rotatable bonds is 7. The minimum atomic E-state index is -0.592. The first-order valence-corrected chi connectivity index (χ1v) is 8.94. The number of nitrogens with zero attached hydrogens (tertiary/aromatic N) is 2. The van der Waals surface area contributed by atoms with Crippen LogP contribution in [-0.2, 0) is 4.79 Å². The molecule has 0 aromatic heterocycles. The van der Waals surface area contributed by atoms with Crippen LogP contribution in [0.15, 0.2) is 50.9 Å². The second-order valence-electron chi connectivity index (χ2n) is 4.88. The first kappa shape index (κ1) is 19.7. The van der Waals surface area contributed by atoms with Crippen LogP contribution in [0.2, 0.25) is 0 Å². The summed E-state index contributed by atoms with van der Waals surface area (Å²) in [4.78, 5) is 22.9. The Morgan fingerprint density at radius 1 is 1.42 bits per heavy atom. The number of carbonyl (C=O) groups is 1. The number of hydrogen-bond donors (Lipinski definition) is 2. The predicted molar refractivity (Wildman–Crippen MR) is 102 cm³/mol. The molecule has 26 heavy (non-hydrogen) atoms. The van der Waals surface area contributed by atoms with E-state index in [1.165, 1.54) is 17.8 Å². The number of phenols is 1. The number of methoxy groups -OCH3 is 1. The number of nitro benzene ring substituents is 1. The smallest absolute Gasteiger partial charge is 0.271 e. The Morgan fingerprint density at radius 2 is 2.12 bits per heavy atom. The lowest BCUT2D eigenvalue weighted by atomic mass is 10.2. The molecule has 0 saturated heterocycles. The summed E-state index contributed by atoms with van der Waals surface area (Å²) in [6, 6.07) is 9.58. The van der Waals surface area contributed by atoms with Crippen LogP contribution in [0.25, 0.3) is 0 Å². The van der Waals surface area contributed by atoms with Crippen molar-refractivity contribution in [1.82, 2.24) is 5.43 Å². The topological polar surface area (TPSA) is 114 Å². The lowest BCUT2D eigenvalue weighted by Crippen LogP contribution is -2.19. The highest BCUT2D eigenvalue weighted by molar-refractivity contribution is 9.10. The summed E-state index contributed by atoms with van der Waals surface area (Å²) in [5.74, 6) is 0.299. The maximum absolute atomic E-state index is 11.8. The standard InChI is InChI=1S/C16H14BrN3O5S/c1-25-12-2-4-13(5-3-12)26-9-15(21)19-18-8-10-6-11(20(23)24)7-14(17)16(10)22/h2-8,22H,9H2,1H3,(H,19,21)/b18-8+. The van der Waals surface area contributed by atoms with Gasteiger partial charge in [-0.15, -0.1) is 11.8 Å². The largest absolute Gasteiger partial charge is 0.506 e. The Hall–Kier alpha value is -2.59. The van der Waals surface area contributed by atoms with E-state index in [0.717, 1.165) is 22.9 Å². The third-order valence-electron chi connectivity index (χ3n) is 3.11. The zero-order chi connectivity index (χ0) is 19.1. The third kappa shape index (κ3) is 5.46. The Morgan fingerprint density at radius 3 is 2.73 bits per heavy atom. The van der Waals surface area contributed by atoms with E-state index in [-0.39, 0.29) is 33.1 Å². The molecular weight excluding hydrogens is 426 g/mol. The first-order valence-electron chi connectivity index (χ1n) is 7.16. The van der Waals surface area contributed by atoms with Crippen molar-refractivity contribution in [3.8, 4) is 11.5 Å². The number of thioether (sulfide) groups is 1. The van der Waals surface area contributed by atoms with Gasteiger partial charge in [-0.3, -0.25) is 14.9 Å². The van der Waals surface area contributed by atoms with Gasteiger partial charge in [-0.25, -0.2) is 5.43 Å². The second-order valence-corrected chi connectivity index (χ2v) is 6.78. The number of benzene rings is 2. The molecule has 2 N–H and O–H groups in total. The summed E-state index contributed by atoms with van der Waals surface area (Å²) in [5, 5.41) is 24.4. The van der Waals surface area contributed by atoms with Crippen molar-refractivity contribution in [2.45, 2.75) is 4.90 Å². The number of phenolic OH excluding ortho intramolecular Hbond substituents is 1. The maximum Gasteiger partial charge on any atom is 0.271 e. The molecule has 0 aliphatic heterocycles. The lowest BCUT2D eigenvalue weighted by molar-refractivity contribution is -0.385. The van der Waals surface area contributed by atoms with Crippen LogP contribution in [0.3, 0.4) is 0 Å². The van der Waals surface area contributed by atoms with Crippen LogP contribution in [0.4, 0.5) is 5.69 Å². The van der Waals surface area contributed by atoms with Gasteiger partial charge in [0.25, 0.3) is 5.69 Å². The van der Waals surface area contributed by atoms with Gasteiger partial charge in [0, 0.05) is 22.6 Å². The van der Waals surface area contributed by atoms with Gasteiger partial charge >= 0.3 is 0 Å². The zero-order valence-corrected chi connectivity index (χ0v) is 15.9. The molecule has 0 saturated carbocycles. The van der Waals surface area contributed by atoms with Gasteiger partial charge in [-0.1, -0.05) is 0 Å². The van der Waals surface area contributed by atoms with Gasteiger partial charge in [0.15, 0.2) is 0 Å². The summed E-state index contributed by atoms with van der Waals surface area (Å²) in [6.07, 6.45) is 1.14. The van der Waals surface area contributed by atoms with Crippen molar-refractivity contribution in [2.75, 3.05) is 12.9 Å². The Bertz CT molecular complexity index is 843. The van der Waals surface area contributed by atoms with E-state index < -0.39 is 4.92 Å². The predicted octanol–water partition coefficient (Wildman–Crippen LogP) is 3.31. The molecule has 0 atom stereocenters. The minimum Gasteiger partial charge on any atom is -0.506 e. The highest BCUT2D eigenvalue weighted by Gasteiger charge is 2.13. The molecule has 0 aliphatic carbocycles. The van der Waals surface area contributed by atoms with Crippen molar-refractivity contribution in [3.63, 3.8) is 0 Å². The number of amides is 1. The van der Waals surface area contributed by atoms with Crippen LogP contribution >= 0.6 is 27.7 Å². The number of hydrogen-bond acceptors (Lipinski definition) is 7. The van der Waals surface area contributed by atoms with E-state index in [2.05, 4.69) is 26.5 Å². The van der Waals surface area contributed by atoms with Gasteiger partial charge in [0.2, 0.25) is 5.91 Å². The number of nitrogens with one attached hydrogen (secondary N) is 1. The third-order valence-corrected chi connectivity index (χ3v) is 4.73. The van der Waals surface area contributed by atoms with Crippen molar-refractivity contribution < 1.29 is 19.6 Å². The van der Waals surface area contributed by atoms with Crippen LogP contribution in [0.1, 0.15) is 5.56 Å². The summed E-state index contributed by atoms with van der Waals surface area (Å²) >= 11 is 4.35. The van der Waals surface area contributed by atoms with E-state index in [4.69, 9.17) is 4.74 Å². The molecule has 0 unspecified atom stereocenters. The molecule has 1 amide bonds. The fourth-order valence-electron chi connectivity index (χ4n) is 1.84. The van der Waals surface area contributed by atoms with Crippen LogP contribution in [0, 0.1) is 10.1 Å². The second kappa shape index (κ2) is 9.20. The minimum absolute atomic E-state index is 0.106. The molecule has 0 fully saturated rings. The van der Waals surface area contributed by atoms with Crippen LogP contribution in [0.5, 0.6) is 11.5 Å². The van der Waals surface area contributed by atoms with E-state index in [1.54, 1.807) is 19.2 Å². The Labute approximate surface area is 161 Å². The van der Waals surface area contributed by atoms with Crippen molar-refractivity contribution in [1.29, 1.82) is 0 Å². The van der Waals surface area contributed by atoms with Crippen molar-refractivity contribution in [3.05, 3.63) is 56.5 Å². The van der Waals surface area contributed by atoms with Gasteiger partial charge in [-0.05, 0) is 40.2 Å². The number of halogens is 1. The van der Waals surface area contributed by atoms with Crippen LogP contribution in [-0.4, -0.2) is 35.0 Å². The number of non-ortho nitro benzene ring substituents is 1. The normalized spacial score (nSPS) is 10.7. The summed E-state index contributed by atoms with van der Waals surface area (Å²) in [6.45, 7) is 0. The molecule has 10 heteroatoms. The molecule has 2 rings (SSSR count). The van der Waals surface area contributed by atoms with Crippen molar-refractivity contribution in [2.24, 2.45) is 5.10 Å². The highest BCUT2D eigenvalue weighted by Crippen LogP contribution is 2.31. The molecule has 0 aliphatic rings. The van der Waals surface area contributed by atoms with Crippen LogP contribution < -0.4 is 10.2 Å². The molecule has 0 spiro atoms. The SMILES string of the molecule is COc1ccc(SCC(=O)N/N=C/c2cc([N+](=O)[O-])cc(Br)c2O)cc1. The van der Waals surface area contributed by atoms with Gasteiger partial charge in [0.1, 0.15) is 11.5 Å². The highest BCUT2D eigenvalue weighted by atomic mass is 79.9. The van der Waals surface area contributed by atoms with E-state index in [9.17, 15) is 20.0 Å². The van der Waals surface area contributed by atoms with Crippen molar-refractivity contribution >= 4 is 45.5 Å². The fraction of sp³-hybridized carbons (Fsp3) is 0.125. The number of nitro groups is 1. The number of carbonyl (C=O) groups excluding carboxylic acids is 1. The monoisotopic (exact) mass is 439 g/mol. The first-order chi connectivity index (χ1) is 12.4. The maximum atomic E-state index is 11.8.